The highest BCUT2D eigenvalue weighted by molar-refractivity contribution is 7.00. The van der Waals surface area contributed by atoms with E-state index in [2.05, 4.69) is 239 Å². The number of benzene rings is 9. The van der Waals surface area contributed by atoms with Crippen LogP contribution in [0.1, 0.15) is 6.42 Å². The van der Waals surface area contributed by atoms with Crippen molar-refractivity contribution in [1.29, 1.82) is 0 Å². The molecule has 64 heavy (non-hydrogen) atoms. The molecule has 0 bridgehead atoms. The van der Waals surface area contributed by atoms with Gasteiger partial charge in [0.05, 0.1) is 17.1 Å². The minimum absolute atomic E-state index is 0.0780. The van der Waals surface area contributed by atoms with E-state index in [1.54, 1.807) is 0 Å². The molecule has 0 amide bonds. The van der Waals surface area contributed by atoms with Gasteiger partial charge in [0.1, 0.15) is 6.04 Å². The third-order valence-electron chi connectivity index (χ3n) is 13.3. The third-order valence-corrected chi connectivity index (χ3v) is 13.3. The van der Waals surface area contributed by atoms with Crippen LogP contribution >= 0.6 is 0 Å². The summed E-state index contributed by atoms with van der Waals surface area (Å²) in [5, 5.41) is 9.62. The Morgan fingerprint density at radius 2 is 1.05 bits per heavy atom. The summed E-state index contributed by atoms with van der Waals surface area (Å²) in [6.45, 7) is -0.0780. The molecule has 2 aliphatic carbocycles. The molecule has 2 heterocycles. The smallest absolute Gasteiger partial charge is 0.252 e. The van der Waals surface area contributed by atoms with Crippen molar-refractivity contribution < 1.29 is 0 Å². The van der Waals surface area contributed by atoms with E-state index < -0.39 is 0 Å². The van der Waals surface area contributed by atoms with Crippen LogP contribution < -0.4 is 31.1 Å². The largest absolute Gasteiger partial charge is 0.316 e. The monoisotopic (exact) mass is 811 g/mol. The van der Waals surface area contributed by atoms with Crippen LogP contribution in [0, 0.1) is 23.7 Å². The Hall–Kier alpha value is -8.44. The van der Waals surface area contributed by atoms with Gasteiger partial charge >= 0.3 is 0 Å². The van der Waals surface area contributed by atoms with Gasteiger partial charge in [0.2, 0.25) is 0 Å². The number of fused-ring (bicyclic) bond motifs is 10. The van der Waals surface area contributed by atoms with Crippen molar-refractivity contribution in [3.05, 3.63) is 218 Å². The summed E-state index contributed by atoms with van der Waals surface area (Å²) < 4.78 is 0. The molecule has 1 unspecified atom stereocenters. The molecular weight excluding hydrogens is 773 g/mol. The first-order valence-electron chi connectivity index (χ1n) is 22.1. The van der Waals surface area contributed by atoms with Crippen LogP contribution in [0.2, 0.25) is 0 Å². The molecule has 0 spiro atoms. The lowest BCUT2D eigenvalue weighted by atomic mass is 9.33. The highest BCUT2D eigenvalue weighted by Gasteiger charge is 2.45. The number of nitrogens with zero attached hydrogens (tertiary/aromatic N) is 3. The van der Waals surface area contributed by atoms with E-state index >= 15 is 0 Å². The summed E-state index contributed by atoms with van der Waals surface area (Å²) in [7, 11) is 0. The number of hydrogen-bond donors (Lipinski definition) is 0. The van der Waals surface area contributed by atoms with E-state index in [9.17, 15) is 0 Å². The second-order valence-electron chi connectivity index (χ2n) is 16.8. The van der Waals surface area contributed by atoms with Crippen LogP contribution in [0.15, 0.2) is 218 Å². The lowest BCUT2D eigenvalue weighted by molar-refractivity contribution is 0.935. The SMILES string of the molecule is C1#CC(N(C2=CC=CCC#C2)c2cc3c4c(c2)N(c2cccc5ccccc25)c2c(ccc5ccccc25)B4c2ccc4ccccc4c2N3c2cccc3ccccc23)C=CC=C1. The van der Waals surface area contributed by atoms with Gasteiger partial charge in [-0.1, -0.05) is 188 Å². The molecule has 4 aliphatic rings. The van der Waals surface area contributed by atoms with Crippen molar-refractivity contribution in [3.63, 3.8) is 0 Å². The molecule has 0 radical (unpaired) electrons. The van der Waals surface area contributed by atoms with Gasteiger partial charge in [0.25, 0.3) is 6.71 Å². The summed E-state index contributed by atoms with van der Waals surface area (Å²) >= 11 is 0. The lowest BCUT2D eigenvalue weighted by Crippen LogP contribution is -2.61. The topological polar surface area (TPSA) is 9.72 Å². The standard InChI is InChI=1S/C60H38BN3/c1-2-6-26-45(25-5-1)62(46-27-7-3-4-8-28-46)47-39-56-58-57(40-47)64(55-34-18-24-42-20-10-14-30-49(42)55)60-51-32-16-12-22-44(51)36-38-53(60)61(58)52-37-35-43-21-11-15-31-50(43)59(52)63(56)54-33-17-23-41-19-9-13-29-48(41)54/h1-3,5,7,9-25,27,29-40,45H,4H2. The molecule has 9 aromatic carbocycles. The number of allylic oxidation sites excluding steroid dienone is 7. The molecule has 0 saturated heterocycles. The Morgan fingerprint density at radius 3 is 1.64 bits per heavy atom. The first-order valence-corrected chi connectivity index (χ1v) is 22.1. The minimum Gasteiger partial charge on any atom is -0.316 e. The van der Waals surface area contributed by atoms with Crippen LogP contribution in [-0.2, 0) is 0 Å². The molecule has 0 aromatic heterocycles. The van der Waals surface area contributed by atoms with Gasteiger partial charge in [0.15, 0.2) is 0 Å². The second kappa shape index (κ2) is 14.6. The maximum atomic E-state index is 3.59. The molecule has 0 fully saturated rings. The first kappa shape index (κ1) is 36.2. The Balaban J connectivity index is 1.23. The van der Waals surface area contributed by atoms with Crippen molar-refractivity contribution in [1.82, 2.24) is 0 Å². The number of hydrogen-bond acceptors (Lipinski definition) is 3. The maximum Gasteiger partial charge on any atom is 0.252 e. The average Bonchev–Trinajstić information content (AvgIpc) is 3.80. The molecule has 0 saturated carbocycles. The van der Waals surface area contributed by atoms with Crippen molar-refractivity contribution in [2.75, 3.05) is 14.7 Å². The van der Waals surface area contributed by atoms with Gasteiger partial charge < -0.3 is 14.7 Å². The van der Waals surface area contributed by atoms with E-state index in [1.807, 2.05) is 12.2 Å². The molecular formula is C60H38BN3. The van der Waals surface area contributed by atoms with Crippen molar-refractivity contribution in [2.45, 2.75) is 12.5 Å². The van der Waals surface area contributed by atoms with Gasteiger partial charge in [-0.05, 0) is 86.3 Å². The maximum absolute atomic E-state index is 3.59. The van der Waals surface area contributed by atoms with E-state index in [0.717, 1.165) is 34.1 Å². The highest BCUT2D eigenvalue weighted by Crippen LogP contribution is 2.51. The molecule has 4 heteroatoms. The van der Waals surface area contributed by atoms with E-state index in [-0.39, 0.29) is 12.8 Å². The van der Waals surface area contributed by atoms with Crippen LogP contribution in [0.5, 0.6) is 0 Å². The van der Waals surface area contributed by atoms with Crippen molar-refractivity contribution >= 4 is 106 Å². The zero-order valence-electron chi connectivity index (χ0n) is 34.9. The minimum atomic E-state index is -0.284. The zero-order chi connectivity index (χ0) is 42.1. The normalized spacial score (nSPS) is 15.4. The van der Waals surface area contributed by atoms with Crippen molar-refractivity contribution in [2.24, 2.45) is 0 Å². The number of anilines is 7. The summed E-state index contributed by atoms with van der Waals surface area (Å²) in [4.78, 5) is 7.51. The Kier molecular flexibility index (Phi) is 8.27. The van der Waals surface area contributed by atoms with Gasteiger partial charge in [-0.15, -0.1) is 0 Å². The van der Waals surface area contributed by atoms with E-state index in [0.29, 0.717) is 6.42 Å². The Morgan fingerprint density at radius 1 is 0.516 bits per heavy atom. The molecule has 9 aromatic rings. The number of rotatable bonds is 5. The third kappa shape index (κ3) is 5.53. The van der Waals surface area contributed by atoms with Gasteiger partial charge in [-0.2, -0.15) is 0 Å². The summed E-state index contributed by atoms with van der Waals surface area (Å²) in [5.41, 5.74) is 12.7. The zero-order valence-corrected chi connectivity index (χ0v) is 34.9. The summed E-state index contributed by atoms with van der Waals surface area (Å²) in [6.07, 6.45) is 15.3. The van der Waals surface area contributed by atoms with Crippen LogP contribution in [-0.4, -0.2) is 12.8 Å². The second-order valence-corrected chi connectivity index (χ2v) is 16.8. The van der Waals surface area contributed by atoms with Gasteiger partial charge in [0, 0.05) is 56.4 Å². The van der Waals surface area contributed by atoms with E-state index in [1.165, 1.54) is 70.9 Å². The Labute approximate surface area is 373 Å². The van der Waals surface area contributed by atoms with Crippen molar-refractivity contribution in [3.8, 4) is 23.7 Å². The first-order chi connectivity index (χ1) is 31.8. The molecule has 296 valence electrons. The van der Waals surface area contributed by atoms with E-state index in [4.69, 9.17) is 0 Å². The predicted octanol–water partition coefficient (Wildman–Crippen LogP) is 12.5. The van der Waals surface area contributed by atoms with Gasteiger partial charge in [-0.25, -0.2) is 0 Å². The fourth-order valence-corrected chi connectivity index (χ4v) is 10.6. The van der Waals surface area contributed by atoms with Crippen LogP contribution in [0.4, 0.5) is 39.8 Å². The highest BCUT2D eigenvalue weighted by atomic mass is 15.2. The Bertz CT molecular complexity index is 3520. The lowest BCUT2D eigenvalue weighted by Gasteiger charge is -2.46. The fourth-order valence-electron chi connectivity index (χ4n) is 10.6. The molecule has 0 N–H and O–H groups in total. The van der Waals surface area contributed by atoms with Crippen LogP contribution in [0.25, 0.3) is 43.1 Å². The summed E-state index contributed by atoms with van der Waals surface area (Å²) in [6, 6.07) is 62.8. The fraction of sp³-hybridized carbons (Fsp3) is 0.0333. The molecule has 13 rings (SSSR count). The molecule has 2 aliphatic heterocycles. The molecule has 1 atom stereocenters. The predicted molar refractivity (Wildman–Crippen MR) is 272 cm³/mol. The molecule has 3 nitrogen and oxygen atoms in total. The van der Waals surface area contributed by atoms with Crippen LogP contribution in [0.3, 0.4) is 0 Å². The van der Waals surface area contributed by atoms with Gasteiger partial charge in [-0.3, -0.25) is 0 Å². The quantitative estimate of drug-likeness (QED) is 0.127. The summed E-state index contributed by atoms with van der Waals surface area (Å²) in [5.74, 6) is 13.9. The average molecular weight is 812 g/mol.